The molecule has 6 nitrogen and oxygen atoms in total. The van der Waals surface area contributed by atoms with Crippen LogP contribution in [-0.4, -0.2) is 51.3 Å². The number of rotatable bonds is 12. The van der Waals surface area contributed by atoms with E-state index in [2.05, 4.69) is 5.32 Å². The number of benzene rings is 2. The molecule has 2 aromatic carbocycles. The number of nitrogens with zero attached hydrogens (tertiary/aromatic N) is 1. The molecule has 1 N–H and O–H groups in total. The van der Waals surface area contributed by atoms with Crippen LogP contribution in [0.1, 0.15) is 32.6 Å². The maximum absolute atomic E-state index is 13.6. The van der Waals surface area contributed by atoms with E-state index in [1.54, 1.807) is 48.5 Å². The van der Waals surface area contributed by atoms with Crippen molar-refractivity contribution in [2.24, 2.45) is 0 Å². The second-order valence-corrected chi connectivity index (χ2v) is 11.9. The monoisotopic (exact) mass is 508 g/mol. The van der Waals surface area contributed by atoms with Gasteiger partial charge < -0.3 is 10.1 Å². The Kier molecular flexibility index (Phi) is 9.82. The smallest absolute Gasteiger partial charge is 0.264 e. The zero-order valence-corrected chi connectivity index (χ0v) is 21.6. The van der Waals surface area contributed by atoms with Gasteiger partial charge in [-0.25, -0.2) is 8.42 Å². The molecule has 33 heavy (non-hydrogen) atoms. The third kappa shape index (κ3) is 7.07. The first kappa shape index (κ1) is 25.8. The minimum absolute atomic E-state index is 0.135. The van der Waals surface area contributed by atoms with Crippen LogP contribution < -0.4 is 14.4 Å². The molecule has 0 unspecified atom stereocenters. The van der Waals surface area contributed by atoms with Gasteiger partial charge in [0.2, 0.25) is 5.91 Å². The highest BCUT2D eigenvalue weighted by molar-refractivity contribution is 8.00. The molecule has 1 saturated carbocycles. The number of hydrogen-bond acceptors (Lipinski definition) is 6. The number of para-hydroxylation sites is 2. The number of sulfonamides is 1. The van der Waals surface area contributed by atoms with Crippen LogP contribution >= 0.6 is 23.5 Å². The lowest BCUT2D eigenvalue weighted by atomic mass is 10.3. The SMILES string of the molecule is CCOc1ccccc1N(CC(=O)NCCSC1CCCC1)S(=O)(=O)c1ccc(SC)cc1. The second kappa shape index (κ2) is 12.6. The van der Waals surface area contributed by atoms with Crippen LogP contribution in [0.25, 0.3) is 0 Å². The van der Waals surface area contributed by atoms with Crippen LogP contribution in [0.4, 0.5) is 5.69 Å². The summed E-state index contributed by atoms with van der Waals surface area (Å²) in [5.74, 6) is 0.918. The second-order valence-electron chi connectivity index (χ2n) is 7.72. The molecule has 9 heteroatoms. The fraction of sp³-hybridized carbons (Fsp3) is 0.458. The standard InChI is InChI=1S/C24H32N2O4S3/c1-3-30-23-11-7-6-10-22(23)26(33(28,29)21-14-12-19(31-2)13-15-21)18-24(27)25-16-17-32-20-8-4-5-9-20/h6-7,10-15,20H,3-5,8-9,16-18H2,1-2H3,(H,25,27). The van der Waals surface area contributed by atoms with Crippen LogP contribution in [0, 0.1) is 0 Å². The Morgan fingerprint density at radius 2 is 1.82 bits per heavy atom. The molecule has 0 atom stereocenters. The van der Waals surface area contributed by atoms with Crippen molar-refractivity contribution in [2.75, 3.05) is 36.0 Å². The number of amides is 1. The first-order chi connectivity index (χ1) is 16.0. The number of carbonyl (C=O) groups excluding carboxylic acids is 1. The average Bonchev–Trinajstić information content (AvgIpc) is 3.35. The average molecular weight is 509 g/mol. The number of carbonyl (C=O) groups is 1. The molecule has 0 bridgehead atoms. The molecule has 0 radical (unpaired) electrons. The summed E-state index contributed by atoms with van der Waals surface area (Å²) in [6.07, 6.45) is 6.99. The Labute approximate surface area is 205 Å². The Hall–Kier alpha value is -1.84. The van der Waals surface area contributed by atoms with Crippen molar-refractivity contribution in [3.8, 4) is 5.75 Å². The number of ether oxygens (including phenoxy) is 1. The summed E-state index contributed by atoms with van der Waals surface area (Å²) in [4.78, 5) is 13.9. The summed E-state index contributed by atoms with van der Waals surface area (Å²) in [5.41, 5.74) is 0.351. The van der Waals surface area contributed by atoms with E-state index in [9.17, 15) is 13.2 Å². The van der Waals surface area contributed by atoms with Gasteiger partial charge in [0.05, 0.1) is 17.2 Å². The summed E-state index contributed by atoms with van der Waals surface area (Å²) in [6.45, 7) is 2.43. The van der Waals surface area contributed by atoms with Gasteiger partial charge in [-0.2, -0.15) is 11.8 Å². The van der Waals surface area contributed by atoms with Crippen LogP contribution in [0.2, 0.25) is 0 Å². The van der Waals surface area contributed by atoms with E-state index in [4.69, 9.17) is 4.74 Å². The first-order valence-electron chi connectivity index (χ1n) is 11.2. The number of nitrogens with one attached hydrogen (secondary N) is 1. The van der Waals surface area contributed by atoms with E-state index < -0.39 is 10.0 Å². The van der Waals surface area contributed by atoms with Gasteiger partial charge in [0.1, 0.15) is 12.3 Å². The maximum atomic E-state index is 13.6. The summed E-state index contributed by atoms with van der Waals surface area (Å²) < 4.78 is 34.0. The molecule has 1 aliphatic rings. The summed E-state index contributed by atoms with van der Waals surface area (Å²) in [7, 11) is -3.98. The van der Waals surface area contributed by atoms with Crippen LogP contribution in [0.5, 0.6) is 5.75 Å². The number of anilines is 1. The van der Waals surface area contributed by atoms with Crippen molar-refractivity contribution in [2.45, 2.75) is 47.6 Å². The zero-order chi connectivity index (χ0) is 23.7. The lowest BCUT2D eigenvalue weighted by molar-refractivity contribution is -0.119. The Morgan fingerprint density at radius 1 is 1.12 bits per heavy atom. The molecule has 3 rings (SSSR count). The zero-order valence-electron chi connectivity index (χ0n) is 19.2. The van der Waals surface area contributed by atoms with Crippen LogP contribution in [-0.2, 0) is 14.8 Å². The summed E-state index contributed by atoms with van der Waals surface area (Å²) >= 11 is 3.43. The van der Waals surface area contributed by atoms with Crippen molar-refractivity contribution in [3.63, 3.8) is 0 Å². The lowest BCUT2D eigenvalue weighted by Gasteiger charge is -2.26. The van der Waals surface area contributed by atoms with Gasteiger partial charge in [-0.05, 0) is 62.4 Å². The fourth-order valence-electron chi connectivity index (χ4n) is 3.77. The van der Waals surface area contributed by atoms with E-state index in [1.807, 2.05) is 24.9 Å². The first-order valence-corrected chi connectivity index (χ1v) is 14.9. The topological polar surface area (TPSA) is 75.7 Å². The van der Waals surface area contributed by atoms with Gasteiger partial charge >= 0.3 is 0 Å². The van der Waals surface area contributed by atoms with Crippen molar-refractivity contribution in [1.29, 1.82) is 0 Å². The van der Waals surface area contributed by atoms with Gasteiger partial charge in [-0.3, -0.25) is 9.10 Å². The van der Waals surface area contributed by atoms with Gasteiger partial charge in [0.15, 0.2) is 0 Å². The van der Waals surface area contributed by atoms with Crippen molar-refractivity contribution in [3.05, 3.63) is 48.5 Å². The molecular weight excluding hydrogens is 476 g/mol. The van der Waals surface area contributed by atoms with Crippen LogP contribution in [0.3, 0.4) is 0 Å². The molecule has 1 aliphatic carbocycles. The predicted molar refractivity (Wildman–Crippen MR) is 138 cm³/mol. The molecule has 1 amide bonds. The molecular formula is C24H32N2O4S3. The molecule has 0 aliphatic heterocycles. The van der Waals surface area contributed by atoms with Gasteiger partial charge in [0.25, 0.3) is 10.0 Å². The van der Waals surface area contributed by atoms with Gasteiger partial charge in [0, 0.05) is 22.4 Å². The molecule has 0 aromatic heterocycles. The minimum atomic E-state index is -3.98. The largest absolute Gasteiger partial charge is 0.492 e. The quantitative estimate of drug-likeness (QED) is 0.328. The molecule has 2 aromatic rings. The van der Waals surface area contributed by atoms with E-state index in [1.165, 1.54) is 37.4 Å². The Morgan fingerprint density at radius 3 is 2.48 bits per heavy atom. The summed E-state index contributed by atoms with van der Waals surface area (Å²) in [5, 5.41) is 3.57. The molecule has 180 valence electrons. The van der Waals surface area contributed by atoms with Crippen LogP contribution in [0.15, 0.2) is 58.3 Å². The highest BCUT2D eigenvalue weighted by atomic mass is 32.2. The summed E-state index contributed by atoms with van der Waals surface area (Å²) in [6, 6.07) is 13.6. The number of thioether (sulfide) groups is 2. The number of hydrogen-bond donors (Lipinski definition) is 1. The van der Waals surface area contributed by atoms with E-state index >= 15 is 0 Å². The van der Waals surface area contributed by atoms with Crippen molar-refractivity contribution >= 4 is 45.1 Å². The fourth-order valence-corrected chi connectivity index (χ4v) is 6.83. The highest BCUT2D eigenvalue weighted by Gasteiger charge is 2.29. The van der Waals surface area contributed by atoms with Gasteiger partial charge in [-0.15, -0.1) is 11.8 Å². The highest BCUT2D eigenvalue weighted by Crippen LogP contribution is 2.33. The maximum Gasteiger partial charge on any atom is 0.264 e. The van der Waals surface area contributed by atoms with Crippen molar-refractivity contribution < 1.29 is 17.9 Å². The third-order valence-electron chi connectivity index (χ3n) is 5.45. The molecule has 0 heterocycles. The van der Waals surface area contributed by atoms with Crippen molar-refractivity contribution in [1.82, 2.24) is 5.32 Å². The Balaban J connectivity index is 1.78. The molecule has 0 spiro atoms. The normalized spacial score (nSPS) is 14.2. The predicted octanol–water partition coefficient (Wildman–Crippen LogP) is 4.79. The van der Waals surface area contributed by atoms with E-state index in [0.29, 0.717) is 29.8 Å². The minimum Gasteiger partial charge on any atom is -0.492 e. The Bertz CT molecular complexity index is 1010. The van der Waals surface area contributed by atoms with E-state index in [0.717, 1.165) is 15.0 Å². The van der Waals surface area contributed by atoms with Gasteiger partial charge in [-0.1, -0.05) is 25.0 Å². The third-order valence-corrected chi connectivity index (χ3v) is 9.35. The lowest BCUT2D eigenvalue weighted by Crippen LogP contribution is -2.41. The molecule has 1 fully saturated rings. The van der Waals surface area contributed by atoms with E-state index in [-0.39, 0.29) is 17.3 Å². The molecule has 0 saturated heterocycles.